The summed E-state index contributed by atoms with van der Waals surface area (Å²) in [5.41, 5.74) is 0.526. The molecule has 0 spiro atoms. The number of fused-ring (bicyclic) bond motifs is 1. The number of aromatic nitrogens is 1. The van der Waals surface area contributed by atoms with Crippen LogP contribution >= 0.6 is 8.81 Å². The van der Waals surface area contributed by atoms with Crippen molar-refractivity contribution in [1.29, 1.82) is 0 Å². The Morgan fingerprint density at radius 3 is 2.65 bits per heavy atom. The molecule has 1 aromatic heterocycles. The molecule has 0 aliphatic rings. The van der Waals surface area contributed by atoms with E-state index in [-0.39, 0.29) is 12.1 Å². The highest BCUT2D eigenvalue weighted by Crippen LogP contribution is 2.44. The maximum absolute atomic E-state index is 14.0. The SMILES string of the molecule is [B]c1cc2ccc(CONc3ccccc3)nc2cc1C(F)(F)POO. The number of pyridine rings is 1. The van der Waals surface area contributed by atoms with Crippen molar-refractivity contribution in [3.8, 4) is 0 Å². The number of anilines is 1. The fourth-order valence-corrected chi connectivity index (χ4v) is 2.84. The van der Waals surface area contributed by atoms with E-state index < -0.39 is 20.0 Å². The first kappa shape index (κ1) is 18.7. The second kappa shape index (κ2) is 8.06. The normalized spacial score (nSPS) is 12.1. The third-order valence-corrected chi connectivity index (χ3v) is 4.23. The summed E-state index contributed by atoms with van der Waals surface area (Å²) in [6.45, 7) is 0.141. The Bertz CT molecular complexity index is 900. The molecule has 26 heavy (non-hydrogen) atoms. The minimum absolute atomic E-state index is 0.0939. The molecule has 5 nitrogen and oxygen atoms in total. The molecule has 9 heteroatoms. The van der Waals surface area contributed by atoms with Gasteiger partial charge in [0.25, 0.3) is 0 Å². The van der Waals surface area contributed by atoms with Crippen molar-refractivity contribution >= 4 is 38.7 Å². The molecule has 0 aliphatic heterocycles. The Morgan fingerprint density at radius 2 is 1.92 bits per heavy atom. The summed E-state index contributed by atoms with van der Waals surface area (Å²) in [5, 5.41) is 8.98. The van der Waals surface area contributed by atoms with Crippen LogP contribution in [0.1, 0.15) is 11.3 Å². The third kappa shape index (κ3) is 4.34. The second-order valence-electron chi connectivity index (χ2n) is 5.46. The van der Waals surface area contributed by atoms with Gasteiger partial charge in [-0.2, -0.15) is 8.78 Å². The van der Waals surface area contributed by atoms with E-state index >= 15 is 0 Å². The molecule has 1 unspecified atom stereocenters. The van der Waals surface area contributed by atoms with Crippen molar-refractivity contribution in [2.75, 3.05) is 5.48 Å². The number of nitrogens with one attached hydrogen (secondary N) is 1. The fraction of sp³-hybridized carbons (Fsp3) is 0.118. The molecule has 1 atom stereocenters. The standard InChI is InChI=1S/C17H14BF2N2O3P/c18-15-8-11-6-7-13(10-24-22-12-4-2-1-3-5-12)21-16(11)9-14(15)17(19,20)26-25-23/h1-9,22-23,26H,10H2. The maximum atomic E-state index is 14.0. The van der Waals surface area contributed by atoms with Gasteiger partial charge in [-0.25, -0.2) is 9.93 Å². The molecular weight excluding hydrogens is 360 g/mol. The summed E-state index contributed by atoms with van der Waals surface area (Å²) in [5.74, 6) is 0. The van der Waals surface area contributed by atoms with Gasteiger partial charge in [-0.1, -0.05) is 35.8 Å². The molecule has 2 radical (unpaired) electrons. The zero-order valence-corrected chi connectivity index (χ0v) is 14.4. The molecule has 0 fully saturated rings. The maximum Gasteiger partial charge on any atom is 0.313 e. The van der Waals surface area contributed by atoms with Gasteiger partial charge in [0, 0.05) is 5.56 Å². The van der Waals surface area contributed by atoms with Crippen LogP contribution in [0.5, 0.6) is 0 Å². The molecule has 0 saturated heterocycles. The van der Waals surface area contributed by atoms with Crippen molar-refractivity contribution < 1.29 is 23.6 Å². The molecule has 3 aromatic rings. The summed E-state index contributed by atoms with van der Waals surface area (Å²) < 4.78 is 31.7. The highest BCUT2D eigenvalue weighted by Gasteiger charge is 2.34. The molecule has 0 saturated carbocycles. The summed E-state index contributed by atoms with van der Waals surface area (Å²) in [6, 6.07) is 15.4. The van der Waals surface area contributed by atoms with Gasteiger partial charge in [-0.15, -0.1) is 0 Å². The van der Waals surface area contributed by atoms with Gasteiger partial charge in [0.2, 0.25) is 0 Å². The first-order chi connectivity index (χ1) is 12.5. The van der Waals surface area contributed by atoms with Crippen LogP contribution < -0.4 is 10.9 Å². The highest BCUT2D eigenvalue weighted by molar-refractivity contribution is 7.33. The van der Waals surface area contributed by atoms with Crippen LogP contribution in [0.3, 0.4) is 0 Å². The molecule has 0 amide bonds. The van der Waals surface area contributed by atoms with Crippen molar-refractivity contribution in [3.63, 3.8) is 0 Å². The lowest BCUT2D eigenvalue weighted by Gasteiger charge is -2.18. The number of para-hydroxylation sites is 1. The molecule has 0 bridgehead atoms. The molecule has 132 valence electrons. The van der Waals surface area contributed by atoms with Crippen molar-refractivity contribution in [1.82, 2.24) is 4.98 Å². The van der Waals surface area contributed by atoms with Crippen LogP contribution in [-0.4, -0.2) is 18.1 Å². The lowest BCUT2D eigenvalue weighted by atomic mass is 9.89. The van der Waals surface area contributed by atoms with Crippen LogP contribution in [-0.2, 0) is 21.8 Å². The van der Waals surface area contributed by atoms with Gasteiger partial charge in [0.1, 0.15) is 23.3 Å². The van der Waals surface area contributed by atoms with E-state index in [0.717, 1.165) is 5.69 Å². The predicted molar refractivity (Wildman–Crippen MR) is 97.9 cm³/mol. The number of hydrogen-bond acceptors (Lipinski definition) is 5. The Balaban J connectivity index is 1.79. The smallest absolute Gasteiger partial charge is 0.270 e. The van der Waals surface area contributed by atoms with E-state index in [1.807, 2.05) is 30.3 Å². The number of benzene rings is 2. The predicted octanol–water partition coefficient (Wildman–Crippen LogP) is 3.70. The van der Waals surface area contributed by atoms with Gasteiger partial charge in [-0.05, 0) is 29.7 Å². The van der Waals surface area contributed by atoms with Crippen LogP contribution in [0, 0.1) is 0 Å². The van der Waals surface area contributed by atoms with Crippen molar-refractivity contribution in [2.24, 2.45) is 0 Å². The average Bonchev–Trinajstić information content (AvgIpc) is 2.62. The fourth-order valence-electron chi connectivity index (χ4n) is 2.40. The van der Waals surface area contributed by atoms with E-state index in [0.29, 0.717) is 16.6 Å². The third-order valence-electron chi connectivity index (χ3n) is 3.61. The number of alkyl halides is 2. The lowest BCUT2D eigenvalue weighted by molar-refractivity contribution is -0.133. The Kier molecular flexibility index (Phi) is 5.78. The van der Waals surface area contributed by atoms with Gasteiger partial charge >= 0.3 is 5.66 Å². The van der Waals surface area contributed by atoms with E-state index in [9.17, 15) is 8.78 Å². The topological polar surface area (TPSA) is 63.6 Å². The Labute approximate surface area is 151 Å². The molecule has 2 N–H and O–H groups in total. The first-order valence-electron chi connectivity index (χ1n) is 7.57. The zero-order valence-electron chi connectivity index (χ0n) is 13.4. The molecule has 3 rings (SSSR count). The molecule has 2 aromatic carbocycles. The van der Waals surface area contributed by atoms with Gasteiger partial charge < -0.3 is 0 Å². The summed E-state index contributed by atoms with van der Waals surface area (Å²) >= 11 is 0. The summed E-state index contributed by atoms with van der Waals surface area (Å²) in [4.78, 5) is 9.71. The number of halogens is 2. The van der Waals surface area contributed by atoms with Crippen molar-refractivity contribution in [3.05, 3.63) is 65.9 Å². The average molecular weight is 374 g/mol. The molecule has 0 aliphatic carbocycles. The largest absolute Gasteiger partial charge is 0.313 e. The molecule has 1 heterocycles. The number of nitrogens with zero attached hydrogens (tertiary/aromatic N) is 1. The number of hydrogen-bond donors (Lipinski definition) is 2. The number of rotatable bonds is 7. The minimum Gasteiger partial charge on any atom is -0.270 e. The van der Waals surface area contributed by atoms with Crippen LogP contribution in [0.15, 0.2) is 54.6 Å². The van der Waals surface area contributed by atoms with Crippen LogP contribution in [0.2, 0.25) is 0 Å². The molecular formula is C17H14BF2N2O3P. The van der Waals surface area contributed by atoms with Gasteiger partial charge in [0.05, 0.1) is 16.9 Å². The van der Waals surface area contributed by atoms with E-state index in [2.05, 4.69) is 15.1 Å². The van der Waals surface area contributed by atoms with E-state index in [4.69, 9.17) is 17.9 Å². The van der Waals surface area contributed by atoms with E-state index in [1.54, 1.807) is 12.1 Å². The van der Waals surface area contributed by atoms with Crippen molar-refractivity contribution in [2.45, 2.75) is 12.3 Å². The van der Waals surface area contributed by atoms with E-state index in [1.165, 1.54) is 12.1 Å². The summed E-state index contributed by atoms with van der Waals surface area (Å²) in [6.07, 6.45) is 0. The summed E-state index contributed by atoms with van der Waals surface area (Å²) in [7, 11) is 4.26. The quantitative estimate of drug-likeness (QED) is 0.286. The van der Waals surface area contributed by atoms with Gasteiger partial charge in [0.15, 0.2) is 0 Å². The van der Waals surface area contributed by atoms with Crippen LogP contribution in [0.4, 0.5) is 14.5 Å². The van der Waals surface area contributed by atoms with Crippen LogP contribution in [0.25, 0.3) is 10.9 Å². The lowest BCUT2D eigenvalue weighted by Crippen LogP contribution is -2.20. The minimum atomic E-state index is -3.41. The Hall–Kier alpha value is -2.12. The highest BCUT2D eigenvalue weighted by atomic mass is 31.1. The zero-order chi connectivity index (χ0) is 18.6. The monoisotopic (exact) mass is 374 g/mol. The second-order valence-corrected chi connectivity index (χ2v) is 6.47. The Morgan fingerprint density at radius 1 is 1.15 bits per heavy atom. The van der Waals surface area contributed by atoms with Gasteiger partial charge in [-0.3, -0.25) is 15.3 Å². The first-order valence-corrected chi connectivity index (χ1v) is 8.48.